The summed E-state index contributed by atoms with van der Waals surface area (Å²) in [5, 5.41) is 0.657. The molecule has 0 aliphatic rings. The highest BCUT2D eigenvalue weighted by Crippen LogP contribution is 2.25. The summed E-state index contributed by atoms with van der Waals surface area (Å²) in [6.07, 6.45) is 0. The topological polar surface area (TPSA) is 34.1 Å². The molecule has 0 heterocycles. The molecule has 3 aromatic carbocycles. The first-order chi connectivity index (χ1) is 15.5. The van der Waals surface area contributed by atoms with Gasteiger partial charge in [-0.1, -0.05) is 43.0 Å². The molecule has 8 heteroatoms. The largest absolute Gasteiger partial charge is 0.497 e. The molecule has 0 N–H and O–H groups in total. The molecular weight excluding hydrogens is 557 g/mol. The van der Waals surface area contributed by atoms with E-state index in [2.05, 4.69) is 9.89 Å². The van der Waals surface area contributed by atoms with E-state index < -0.39 is 11.6 Å². The maximum atomic E-state index is 14.3. The van der Waals surface area contributed by atoms with Gasteiger partial charge in [-0.3, -0.25) is 0 Å². The summed E-state index contributed by atoms with van der Waals surface area (Å²) in [6.45, 7) is 3.13. The minimum Gasteiger partial charge on any atom is -0.497 e. The van der Waals surface area contributed by atoms with Crippen LogP contribution in [0.3, 0.4) is 0 Å². The maximum Gasteiger partial charge on any atom is 0.165 e. The lowest BCUT2D eigenvalue weighted by Gasteiger charge is -2.26. The summed E-state index contributed by atoms with van der Waals surface area (Å²) in [5.41, 5.74) is 2.23. The maximum absolute atomic E-state index is 14.3. The highest BCUT2D eigenvalue weighted by molar-refractivity contribution is 14.0. The molecule has 0 spiro atoms. The molecule has 0 amide bonds. The van der Waals surface area contributed by atoms with Gasteiger partial charge in [0, 0.05) is 19.2 Å². The second-order valence-electron chi connectivity index (χ2n) is 6.98. The number of ether oxygens (including phenoxy) is 2. The number of halogens is 3. The molecule has 0 aliphatic carbocycles. The van der Waals surface area contributed by atoms with Crippen LogP contribution < -0.4 is 9.47 Å². The first kappa shape index (κ1) is 26.9. The van der Waals surface area contributed by atoms with Gasteiger partial charge in [-0.25, -0.2) is 13.8 Å². The number of nitrogens with zero attached hydrogens (tertiary/aromatic N) is 2. The van der Waals surface area contributed by atoms with Crippen molar-refractivity contribution in [3.8, 4) is 11.5 Å². The Morgan fingerprint density at radius 1 is 0.848 bits per heavy atom. The highest BCUT2D eigenvalue weighted by Gasteiger charge is 2.15. The second kappa shape index (κ2) is 13.4. The van der Waals surface area contributed by atoms with E-state index in [-0.39, 0.29) is 29.7 Å². The van der Waals surface area contributed by atoms with Gasteiger partial charge in [-0.2, -0.15) is 0 Å². The average Bonchev–Trinajstić information content (AvgIpc) is 2.81. The summed E-state index contributed by atoms with van der Waals surface area (Å²) in [5.74, 6) is 0.998. The van der Waals surface area contributed by atoms with Gasteiger partial charge in [0.15, 0.2) is 11.0 Å². The Morgan fingerprint density at radius 2 is 1.36 bits per heavy atom. The first-order valence-corrected chi connectivity index (χ1v) is 11.2. The van der Waals surface area contributed by atoms with Gasteiger partial charge in [-0.05, 0) is 53.3 Å². The smallest absolute Gasteiger partial charge is 0.165 e. The molecule has 0 fully saturated rings. The number of rotatable bonds is 8. The van der Waals surface area contributed by atoms with Gasteiger partial charge in [-0.15, -0.1) is 24.0 Å². The molecule has 33 heavy (non-hydrogen) atoms. The van der Waals surface area contributed by atoms with E-state index in [0.717, 1.165) is 34.4 Å². The van der Waals surface area contributed by atoms with E-state index in [1.807, 2.05) is 55.5 Å². The lowest BCUT2D eigenvalue weighted by atomic mass is 10.1. The van der Waals surface area contributed by atoms with Gasteiger partial charge in [0.25, 0.3) is 0 Å². The van der Waals surface area contributed by atoms with Crippen molar-refractivity contribution < 1.29 is 18.3 Å². The van der Waals surface area contributed by atoms with Crippen molar-refractivity contribution in [2.45, 2.75) is 20.0 Å². The molecular formula is C25H27F2IN2O2S. The van der Waals surface area contributed by atoms with Crippen molar-refractivity contribution in [1.29, 1.82) is 0 Å². The summed E-state index contributed by atoms with van der Waals surface area (Å²) >= 11 is 1.51. The Hall–Kier alpha value is -2.33. The van der Waals surface area contributed by atoms with Crippen molar-refractivity contribution in [1.82, 2.24) is 4.90 Å². The van der Waals surface area contributed by atoms with Crippen molar-refractivity contribution in [3.05, 3.63) is 89.5 Å². The molecule has 0 aromatic heterocycles. The number of amidine groups is 1. The van der Waals surface area contributed by atoms with Gasteiger partial charge in [0.05, 0.1) is 14.2 Å². The molecule has 3 rings (SSSR count). The summed E-state index contributed by atoms with van der Waals surface area (Å²) in [7, 11) is 3.26. The molecule has 0 saturated heterocycles. The van der Waals surface area contributed by atoms with Crippen LogP contribution in [0.4, 0.5) is 14.5 Å². The fourth-order valence-corrected chi connectivity index (χ4v) is 3.82. The van der Waals surface area contributed by atoms with Crippen LogP contribution >= 0.6 is 35.7 Å². The minimum absolute atomic E-state index is 0. The van der Waals surface area contributed by atoms with Crippen molar-refractivity contribution >= 4 is 46.6 Å². The third-order valence-corrected chi connectivity index (χ3v) is 5.63. The van der Waals surface area contributed by atoms with E-state index in [1.54, 1.807) is 14.2 Å². The predicted molar refractivity (Wildman–Crippen MR) is 142 cm³/mol. The number of methoxy groups -OCH3 is 2. The SMILES string of the molecule is CCSC(=Nc1ccc(F)cc1F)N(Cc1ccc(OC)cc1)Cc1ccc(OC)cc1.I. The fourth-order valence-electron chi connectivity index (χ4n) is 3.09. The molecule has 176 valence electrons. The molecule has 0 bridgehead atoms. The molecule has 4 nitrogen and oxygen atoms in total. The first-order valence-electron chi connectivity index (χ1n) is 10.2. The van der Waals surface area contributed by atoms with Crippen LogP contribution in [0, 0.1) is 11.6 Å². The Balaban J connectivity index is 0.00000385. The highest BCUT2D eigenvalue weighted by atomic mass is 127. The van der Waals surface area contributed by atoms with Gasteiger partial charge in [0.2, 0.25) is 0 Å². The second-order valence-corrected chi connectivity index (χ2v) is 8.21. The van der Waals surface area contributed by atoms with Crippen LogP contribution in [-0.4, -0.2) is 30.0 Å². The van der Waals surface area contributed by atoms with Gasteiger partial charge in [0.1, 0.15) is 23.0 Å². The van der Waals surface area contributed by atoms with Crippen molar-refractivity contribution in [2.24, 2.45) is 4.99 Å². The molecule has 0 radical (unpaired) electrons. The Bertz CT molecular complexity index is 998. The number of hydrogen-bond acceptors (Lipinski definition) is 4. The normalized spacial score (nSPS) is 11.0. The van der Waals surface area contributed by atoms with Crippen LogP contribution in [0.5, 0.6) is 11.5 Å². The standard InChI is InChI=1S/C25H26F2N2O2S.HI/c1-4-32-25(28-24-14-9-20(26)15-23(24)27)29(16-18-5-10-21(30-2)11-6-18)17-19-7-12-22(31-3)13-8-19;/h5-15H,4,16-17H2,1-3H3;1H. The van der Waals surface area contributed by atoms with E-state index >= 15 is 0 Å². The number of aliphatic imine (C=N–C) groups is 1. The van der Waals surface area contributed by atoms with Crippen LogP contribution in [0.25, 0.3) is 0 Å². The monoisotopic (exact) mass is 584 g/mol. The predicted octanol–water partition coefficient (Wildman–Crippen LogP) is 7.04. The number of benzene rings is 3. The average molecular weight is 584 g/mol. The van der Waals surface area contributed by atoms with Crippen LogP contribution in [0.1, 0.15) is 18.1 Å². The molecule has 3 aromatic rings. The molecule has 0 saturated carbocycles. The zero-order valence-electron chi connectivity index (χ0n) is 18.8. The molecule has 0 aliphatic heterocycles. The Labute approximate surface area is 215 Å². The van der Waals surface area contributed by atoms with E-state index in [9.17, 15) is 8.78 Å². The lowest BCUT2D eigenvalue weighted by Crippen LogP contribution is -2.28. The molecule has 0 unspecified atom stereocenters. The van der Waals surface area contributed by atoms with Gasteiger partial charge >= 0.3 is 0 Å². The van der Waals surface area contributed by atoms with E-state index in [1.165, 1.54) is 23.9 Å². The number of hydrogen-bond donors (Lipinski definition) is 0. The number of thioether (sulfide) groups is 1. The zero-order chi connectivity index (χ0) is 22.9. The van der Waals surface area contributed by atoms with E-state index in [0.29, 0.717) is 18.3 Å². The lowest BCUT2D eigenvalue weighted by molar-refractivity contribution is 0.405. The molecule has 0 atom stereocenters. The van der Waals surface area contributed by atoms with E-state index in [4.69, 9.17) is 9.47 Å². The van der Waals surface area contributed by atoms with Gasteiger partial charge < -0.3 is 14.4 Å². The quantitative estimate of drug-likeness (QED) is 0.162. The van der Waals surface area contributed by atoms with Crippen molar-refractivity contribution in [3.63, 3.8) is 0 Å². The Morgan fingerprint density at radius 3 is 1.79 bits per heavy atom. The Kier molecular flexibility index (Phi) is 10.9. The van der Waals surface area contributed by atoms with Crippen LogP contribution in [0.2, 0.25) is 0 Å². The van der Waals surface area contributed by atoms with Crippen LogP contribution in [0.15, 0.2) is 71.7 Å². The third kappa shape index (κ3) is 7.89. The third-order valence-electron chi connectivity index (χ3n) is 4.73. The van der Waals surface area contributed by atoms with Crippen molar-refractivity contribution in [2.75, 3.05) is 20.0 Å². The fraction of sp³-hybridized carbons (Fsp3) is 0.240. The zero-order valence-corrected chi connectivity index (χ0v) is 21.9. The minimum atomic E-state index is -0.687. The summed E-state index contributed by atoms with van der Waals surface area (Å²) in [6, 6.07) is 19.0. The summed E-state index contributed by atoms with van der Waals surface area (Å²) in [4.78, 5) is 6.65. The summed E-state index contributed by atoms with van der Waals surface area (Å²) < 4.78 is 38.2. The van der Waals surface area contributed by atoms with Crippen LogP contribution in [-0.2, 0) is 13.1 Å².